The van der Waals surface area contributed by atoms with E-state index in [1.807, 2.05) is 16.7 Å². The van der Waals surface area contributed by atoms with E-state index in [2.05, 4.69) is 19.2 Å². The van der Waals surface area contributed by atoms with Gasteiger partial charge in [0, 0.05) is 25.7 Å². The zero-order valence-corrected chi connectivity index (χ0v) is 12.3. The maximum Gasteiger partial charge on any atom is 0.317 e. The van der Waals surface area contributed by atoms with Gasteiger partial charge < -0.3 is 15.3 Å². The molecule has 0 unspecified atom stereocenters. The second kappa shape index (κ2) is 8.64. The van der Waals surface area contributed by atoms with E-state index in [0.29, 0.717) is 6.54 Å². The first-order valence-electron chi connectivity index (χ1n) is 6.91. The van der Waals surface area contributed by atoms with Crippen molar-refractivity contribution in [2.24, 2.45) is 5.92 Å². The van der Waals surface area contributed by atoms with Crippen molar-refractivity contribution in [2.75, 3.05) is 31.2 Å². The summed E-state index contributed by atoms with van der Waals surface area (Å²) in [6, 6.07) is 0.258. The minimum absolute atomic E-state index is 0.0298. The van der Waals surface area contributed by atoms with Crippen LogP contribution in [0.2, 0.25) is 0 Å². The van der Waals surface area contributed by atoms with Crippen molar-refractivity contribution in [3.05, 3.63) is 0 Å². The molecule has 2 N–H and O–H groups in total. The van der Waals surface area contributed by atoms with Gasteiger partial charge in [0.1, 0.15) is 0 Å². The van der Waals surface area contributed by atoms with Crippen LogP contribution >= 0.6 is 11.8 Å². The van der Waals surface area contributed by atoms with E-state index in [9.17, 15) is 4.79 Å². The molecule has 1 rings (SSSR count). The lowest BCUT2D eigenvalue weighted by atomic mass is 9.99. The molecule has 0 aliphatic carbocycles. The van der Waals surface area contributed by atoms with Crippen molar-refractivity contribution in [2.45, 2.75) is 39.2 Å². The molecule has 0 aromatic heterocycles. The molecule has 0 saturated carbocycles. The van der Waals surface area contributed by atoms with Crippen LogP contribution in [0.25, 0.3) is 0 Å². The number of aliphatic hydroxyl groups excluding tert-OH is 1. The lowest BCUT2D eigenvalue weighted by Crippen LogP contribution is -2.48. The van der Waals surface area contributed by atoms with Crippen molar-refractivity contribution < 1.29 is 9.90 Å². The molecule has 2 amide bonds. The predicted molar refractivity (Wildman–Crippen MR) is 77.0 cm³/mol. The number of carbonyl (C=O) groups is 1. The number of nitrogens with zero attached hydrogens (tertiary/aromatic N) is 1. The van der Waals surface area contributed by atoms with E-state index in [1.165, 1.54) is 0 Å². The Labute approximate surface area is 115 Å². The molecular weight excluding hydrogens is 248 g/mol. The van der Waals surface area contributed by atoms with Gasteiger partial charge in [-0.2, -0.15) is 11.8 Å². The van der Waals surface area contributed by atoms with Gasteiger partial charge in [-0.05, 0) is 43.6 Å². The Hall–Kier alpha value is -0.420. The predicted octanol–water partition coefficient (Wildman–Crippen LogP) is 1.93. The number of urea groups is 1. The van der Waals surface area contributed by atoms with E-state index in [1.54, 1.807) is 0 Å². The van der Waals surface area contributed by atoms with E-state index >= 15 is 0 Å². The molecule has 18 heavy (non-hydrogen) atoms. The van der Waals surface area contributed by atoms with E-state index in [0.717, 1.165) is 37.3 Å². The van der Waals surface area contributed by atoms with Crippen LogP contribution in [0, 0.1) is 5.92 Å². The normalized spacial score (nSPS) is 21.7. The Balaban J connectivity index is 2.26. The van der Waals surface area contributed by atoms with Gasteiger partial charge in [0.05, 0.1) is 0 Å². The second-order valence-corrected chi connectivity index (χ2v) is 6.37. The van der Waals surface area contributed by atoms with Crippen LogP contribution in [-0.2, 0) is 0 Å². The topological polar surface area (TPSA) is 52.6 Å². The second-order valence-electron chi connectivity index (χ2n) is 4.97. The van der Waals surface area contributed by atoms with Crippen LogP contribution in [0.5, 0.6) is 0 Å². The fraction of sp³-hybridized carbons (Fsp3) is 0.923. The highest BCUT2D eigenvalue weighted by Gasteiger charge is 2.23. The number of piperidine rings is 1. The molecule has 5 heteroatoms. The molecule has 106 valence electrons. The highest BCUT2D eigenvalue weighted by Crippen LogP contribution is 2.16. The maximum atomic E-state index is 12.0. The quantitative estimate of drug-likeness (QED) is 0.728. The third kappa shape index (κ3) is 5.48. The summed E-state index contributed by atoms with van der Waals surface area (Å²) in [5.41, 5.74) is 0. The van der Waals surface area contributed by atoms with Crippen LogP contribution in [0.4, 0.5) is 4.79 Å². The van der Waals surface area contributed by atoms with Crippen molar-refractivity contribution in [1.82, 2.24) is 10.2 Å². The molecule has 0 radical (unpaired) electrons. The summed E-state index contributed by atoms with van der Waals surface area (Å²) in [6.45, 7) is 5.91. The summed E-state index contributed by atoms with van der Waals surface area (Å²) in [5, 5.41) is 12.2. The smallest absolute Gasteiger partial charge is 0.317 e. The Morgan fingerprint density at radius 3 is 3.06 bits per heavy atom. The average Bonchev–Trinajstić information content (AvgIpc) is 2.39. The molecule has 1 aliphatic heterocycles. The third-order valence-corrected chi connectivity index (χ3v) is 4.27. The number of thioether (sulfide) groups is 1. The van der Waals surface area contributed by atoms with E-state index in [-0.39, 0.29) is 24.6 Å². The lowest BCUT2D eigenvalue weighted by Gasteiger charge is -2.32. The monoisotopic (exact) mass is 274 g/mol. The minimum atomic E-state index is 0.0298. The van der Waals surface area contributed by atoms with Crippen molar-refractivity contribution in [3.63, 3.8) is 0 Å². The molecule has 2 atom stereocenters. The highest BCUT2D eigenvalue weighted by molar-refractivity contribution is 7.99. The van der Waals surface area contributed by atoms with Gasteiger partial charge in [0.15, 0.2) is 0 Å². The molecular formula is C13H26N2O2S. The van der Waals surface area contributed by atoms with E-state index < -0.39 is 0 Å². The van der Waals surface area contributed by atoms with E-state index in [4.69, 9.17) is 5.11 Å². The Bertz CT molecular complexity index is 251. The number of hydrogen-bond acceptors (Lipinski definition) is 3. The maximum absolute atomic E-state index is 12.0. The van der Waals surface area contributed by atoms with Crippen LogP contribution in [0.1, 0.15) is 33.1 Å². The molecule has 1 saturated heterocycles. The molecule has 0 spiro atoms. The Morgan fingerprint density at radius 1 is 1.61 bits per heavy atom. The number of nitrogens with one attached hydrogen (secondary N) is 1. The average molecular weight is 274 g/mol. The zero-order valence-electron chi connectivity index (χ0n) is 11.5. The van der Waals surface area contributed by atoms with Gasteiger partial charge in [-0.25, -0.2) is 4.79 Å². The van der Waals surface area contributed by atoms with Gasteiger partial charge >= 0.3 is 6.03 Å². The Morgan fingerprint density at radius 2 is 2.39 bits per heavy atom. The molecule has 1 aliphatic rings. The number of carbonyl (C=O) groups excluding carboxylic acids is 1. The van der Waals surface area contributed by atoms with Gasteiger partial charge in [-0.15, -0.1) is 0 Å². The molecule has 1 heterocycles. The van der Waals surface area contributed by atoms with Gasteiger partial charge in [0.25, 0.3) is 0 Å². The zero-order chi connectivity index (χ0) is 13.4. The summed E-state index contributed by atoms with van der Waals surface area (Å²) in [5.74, 6) is 2.48. The van der Waals surface area contributed by atoms with Crippen LogP contribution in [-0.4, -0.2) is 53.3 Å². The standard InChI is InChI=1S/C13H26N2O2S/c1-3-18-8-6-11(2)14-13(17)15-7-4-5-12(9-15)10-16/h11-12,16H,3-10H2,1-2H3,(H,14,17)/t11-,12-/m0/s1. The summed E-state index contributed by atoms with van der Waals surface area (Å²) in [6.07, 6.45) is 3.04. The van der Waals surface area contributed by atoms with Crippen molar-refractivity contribution in [3.8, 4) is 0 Å². The fourth-order valence-electron chi connectivity index (χ4n) is 2.18. The van der Waals surface area contributed by atoms with Crippen molar-refractivity contribution >= 4 is 17.8 Å². The number of aliphatic hydroxyl groups is 1. The summed E-state index contributed by atoms with van der Waals surface area (Å²) >= 11 is 1.91. The summed E-state index contributed by atoms with van der Waals surface area (Å²) < 4.78 is 0. The molecule has 0 bridgehead atoms. The first-order valence-corrected chi connectivity index (χ1v) is 8.06. The fourth-order valence-corrected chi connectivity index (χ4v) is 2.99. The highest BCUT2D eigenvalue weighted by atomic mass is 32.2. The van der Waals surface area contributed by atoms with Crippen LogP contribution in [0.15, 0.2) is 0 Å². The summed E-state index contributed by atoms with van der Waals surface area (Å²) in [7, 11) is 0. The van der Waals surface area contributed by atoms with Crippen LogP contribution < -0.4 is 5.32 Å². The van der Waals surface area contributed by atoms with Gasteiger partial charge in [-0.1, -0.05) is 6.92 Å². The minimum Gasteiger partial charge on any atom is -0.396 e. The molecule has 0 aromatic carbocycles. The van der Waals surface area contributed by atoms with Crippen LogP contribution in [0.3, 0.4) is 0 Å². The Kier molecular flexibility index (Phi) is 7.51. The largest absolute Gasteiger partial charge is 0.396 e. The molecule has 0 aromatic rings. The number of rotatable bonds is 6. The van der Waals surface area contributed by atoms with Gasteiger partial charge in [0.2, 0.25) is 0 Å². The lowest BCUT2D eigenvalue weighted by molar-refractivity contribution is 0.128. The first-order chi connectivity index (χ1) is 8.67. The molecule has 4 nitrogen and oxygen atoms in total. The number of likely N-dealkylation sites (tertiary alicyclic amines) is 1. The third-order valence-electron chi connectivity index (χ3n) is 3.33. The van der Waals surface area contributed by atoms with Gasteiger partial charge in [-0.3, -0.25) is 0 Å². The SMILES string of the molecule is CCSCC[C@H](C)NC(=O)N1CCC[C@H](CO)C1. The first kappa shape index (κ1) is 15.6. The number of amides is 2. The molecule has 1 fully saturated rings. The summed E-state index contributed by atoms with van der Waals surface area (Å²) in [4.78, 5) is 13.9. The van der Waals surface area contributed by atoms with Crippen molar-refractivity contribution in [1.29, 1.82) is 0 Å². The number of hydrogen-bond donors (Lipinski definition) is 2.